The summed E-state index contributed by atoms with van der Waals surface area (Å²) in [5.74, 6) is -0.251. The van der Waals surface area contributed by atoms with E-state index in [1.165, 1.54) is 0 Å². The number of likely N-dealkylation sites (tertiary alicyclic amines) is 1. The molecule has 5 heteroatoms. The Kier molecular flexibility index (Phi) is 4.04. The Morgan fingerprint density at radius 2 is 1.74 bits per heavy atom. The van der Waals surface area contributed by atoms with Crippen LogP contribution in [-0.4, -0.2) is 29.8 Å². The molecular weight excluding hydrogens is 242 g/mol. The lowest BCUT2D eigenvalue weighted by Gasteiger charge is -2.30. The Hall–Kier alpha value is -2.04. The molecule has 0 bridgehead atoms. The van der Waals surface area contributed by atoms with Gasteiger partial charge in [0.05, 0.1) is 6.42 Å². The van der Waals surface area contributed by atoms with Gasteiger partial charge in [-0.1, -0.05) is 12.1 Å². The van der Waals surface area contributed by atoms with Crippen LogP contribution in [0.3, 0.4) is 0 Å². The number of anilines is 1. The summed E-state index contributed by atoms with van der Waals surface area (Å²) < 4.78 is 0. The predicted molar refractivity (Wildman–Crippen MR) is 73.1 cm³/mol. The van der Waals surface area contributed by atoms with Crippen molar-refractivity contribution in [2.45, 2.75) is 19.3 Å². The molecule has 2 rings (SSSR count). The van der Waals surface area contributed by atoms with Crippen molar-refractivity contribution in [2.24, 2.45) is 11.7 Å². The number of carbonyl (C=O) groups excluding carboxylic acids is 2. The third-order valence-corrected chi connectivity index (χ3v) is 3.59. The first-order valence-corrected chi connectivity index (χ1v) is 6.48. The van der Waals surface area contributed by atoms with Crippen molar-refractivity contribution in [3.8, 4) is 0 Å². The van der Waals surface area contributed by atoms with Crippen molar-refractivity contribution < 1.29 is 9.59 Å². The topological polar surface area (TPSA) is 89.4 Å². The second kappa shape index (κ2) is 5.73. The number of rotatable bonds is 3. The molecule has 0 spiro atoms. The quantitative estimate of drug-likeness (QED) is 0.778. The van der Waals surface area contributed by atoms with Crippen LogP contribution in [0.15, 0.2) is 24.3 Å². The van der Waals surface area contributed by atoms with Crippen molar-refractivity contribution in [2.75, 3.05) is 18.8 Å². The van der Waals surface area contributed by atoms with E-state index in [-0.39, 0.29) is 17.7 Å². The Morgan fingerprint density at radius 1 is 1.16 bits per heavy atom. The smallest absolute Gasteiger partial charge is 0.226 e. The molecule has 1 aromatic carbocycles. The van der Waals surface area contributed by atoms with Crippen LogP contribution in [0, 0.1) is 5.92 Å². The highest BCUT2D eigenvalue weighted by atomic mass is 16.2. The number of nitrogen functional groups attached to an aromatic ring is 1. The van der Waals surface area contributed by atoms with E-state index < -0.39 is 0 Å². The fourth-order valence-electron chi connectivity index (χ4n) is 2.34. The molecule has 5 nitrogen and oxygen atoms in total. The Bertz CT molecular complexity index is 462. The molecule has 0 aromatic heterocycles. The number of amides is 2. The molecule has 19 heavy (non-hydrogen) atoms. The molecule has 1 fully saturated rings. The first kappa shape index (κ1) is 13.4. The number of benzene rings is 1. The number of nitrogens with two attached hydrogens (primary N) is 2. The van der Waals surface area contributed by atoms with Gasteiger partial charge in [0.2, 0.25) is 11.8 Å². The van der Waals surface area contributed by atoms with E-state index in [4.69, 9.17) is 11.5 Å². The number of hydrogen-bond donors (Lipinski definition) is 2. The first-order chi connectivity index (χ1) is 9.06. The molecule has 0 unspecified atom stereocenters. The zero-order valence-electron chi connectivity index (χ0n) is 10.8. The molecule has 1 aliphatic rings. The second-order valence-electron chi connectivity index (χ2n) is 4.98. The minimum absolute atomic E-state index is 0.0828. The SMILES string of the molecule is NC(=O)C1CCN(C(=O)Cc2ccc(N)cc2)CC1. The van der Waals surface area contributed by atoms with Crippen molar-refractivity contribution in [3.63, 3.8) is 0 Å². The van der Waals surface area contributed by atoms with Gasteiger partial charge in [-0.2, -0.15) is 0 Å². The van der Waals surface area contributed by atoms with E-state index >= 15 is 0 Å². The zero-order valence-corrected chi connectivity index (χ0v) is 10.8. The molecule has 1 aliphatic heterocycles. The van der Waals surface area contributed by atoms with E-state index in [0.717, 1.165) is 5.56 Å². The fourth-order valence-corrected chi connectivity index (χ4v) is 2.34. The molecular formula is C14H19N3O2. The average molecular weight is 261 g/mol. The van der Waals surface area contributed by atoms with Gasteiger partial charge in [-0.05, 0) is 30.5 Å². The van der Waals surface area contributed by atoms with Crippen molar-refractivity contribution in [1.29, 1.82) is 0 Å². The summed E-state index contributed by atoms with van der Waals surface area (Å²) in [5, 5.41) is 0. The zero-order chi connectivity index (χ0) is 13.8. The first-order valence-electron chi connectivity index (χ1n) is 6.48. The molecule has 4 N–H and O–H groups in total. The van der Waals surface area contributed by atoms with E-state index in [0.29, 0.717) is 38.0 Å². The largest absolute Gasteiger partial charge is 0.399 e. The molecule has 0 saturated carbocycles. The van der Waals surface area contributed by atoms with Crippen LogP contribution >= 0.6 is 0 Å². The third-order valence-electron chi connectivity index (χ3n) is 3.59. The van der Waals surface area contributed by atoms with Crippen LogP contribution in [0.2, 0.25) is 0 Å². The lowest BCUT2D eigenvalue weighted by atomic mass is 9.96. The van der Waals surface area contributed by atoms with E-state index in [1.54, 1.807) is 17.0 Å². The highest BCUT2D eigenvalue weighted by molar-refractivity contribution is 5.80. The summed E-state index contributed by atoms with van der Waals surface area (Å²) in [7, 11) is 0. The van der Waals surface area contributed by atoms with Gasteiger partial charge in [0.15, 0.2) is 0 Å². The third kappa shape index (κ3) is 3.47. The van der Waals surface area contributed by atoms with Crippen molar-refractivity contribution in [3.05, 3.63) is 29.8 Å². The Morgan fingerprint density at radius 3 is 2.26 bits per heavy atom. The fraction of sp³-hybridized carbons (Fsp3) is 0.429. The highest BCUT2D eigenvalue weighted by Crippen LogP contribution is 2.17. The van der Waals surface area contributed by atoms with Gasteiger partial charge in [0.1, 0.15) is 0 Å². The maximum absolute atomic E-state index is 12.1. The van der Waals surface area contributed by atoms with Gasteiger partial charge in [0, 0.05) is 24.7 Å². The standard InChI is InChI=1S/C14H19N3O2/c15-12-3-1-10(2-4-12)9-13(18)17-7-5-11(6-8-17)14(16)19/h1-4,11H,5-9,15H2,(H2,16,19). The van der Waals surface area contributed by atoms with Crippen LogP contribution in [0.25, 0.3) is 0 Å². The van der Waals surface area contributed by atoms with Gasteiger partial charge < -0.3 is 16.4 Å². The summed E-state index contributed by atoms with van der Waals surface area (Å²) in [5.41, 5.74) is 12.5. The highest BCUT2D eigenvalue weighted by Gasteiger charge is 2.25. The van der Waals surface area contributed by atoms with E-state index in [2.05, 4.69) is 0 Å². The predicted octanol–water partition coefficient (Wildman–Crippen LogP) is 0.535. The Balaban J connectivity index is 1.88. The van der Waals surface area contributed by atoms with Crippen molar-refractivity contribution >= 4 is 17.5 Å². The van der Waals surface area contributed by atoms with Gasteiger partial charge in [-0.15, -0.1) is 0 Å². The van der Waals surface area contributed by atoms with Crippen LogP contribution in [-0.2, 0) is 16.0 Å². The molecule has 0 radical (unpaired) electrons. The van der Waals surface area contributed by atoms with E-state index in [9.17, 15) is 9.59 Å². The Labute approximate surface area is 112 Å². The summed E-state index contributed by atoms with van der Waals surface area (Å²) in [6, 6.07) is 7.32. The molecule has 0 aliphatic carbocycles. The lowest BCUT2D eigenvalue weighted by Crippen LogP contribution is -2.42. The lowest BCUT2D eigenvalue weighted by molar-refractivity contribution is -0.134. The second-order valence-corrected chi connectivity index (χ2v) is 4.98. The molecule has 1 heterocycles. The van der Waals surface area contributed by atoms with Crippen LogP contribution in [0.4, 0.5) is 5.69 Å². The molecule has 102 valence electrons. The number of carbonyl (C=O) groups is 2. The number of piperidine rings is 1. The normalized spacial score (nSPS) is 16.3. The van der Waals surface area contributed by atoms with Gasteiger partial charge in [-0.3, -0.25) is 9.59 Å². The van der Waals surface area contributed by atoms with Crippen LogP contribution in [0.1, 0.15) is 18.4 Å². The summed E-state index contributed by atoms with van der Waals surface area (Å²) >= 11 is 0. The minimum Gasteiger partial charge on any atom is -0.399 e. The average Bonchev–Trinajstić information content (AvgIpc) is 2.41. The summed E-state index contributed by atoms with van der Waals surface area (Å²) in [6.07, 6.45) is 1.72. The van der Waals surface area contributed by atoms with Gasteiger partial charge >= 0.3 is 0 Å². The van der Waals surface area contributed by atoms with Gasteiger partial charge in [-0.25, -0.2) is 0 Å². The van der Waals surface area contributed by atoms with Gasteiger partial charge in [0.25, 0.3) is 0 Å². The molecule has 1 aromatic rings. The number of nitrogens with zero attached hydrogens (tertiary/aromatic N) is 1. The minimum atomic E-state index is -0.259. The van der Waals surface area contributed by atoms with Crippen molar-refractivity contribution in [1.82, 2.24) is 4.90 Å². The van der Waals surface area contributed by atoms with Crippen LogP contribution < -0.4 is 11.5 Å². The summed E-state index contributed by atoms with van der Waals surface area (Å²) in [4.78, 5) is 25.0. The summed E-state index contributed by atoms with van der Waals surface area (Å²) in [6.45, 7) is 1.23. The maximum Gasteiger partial charge on any atom is 0.226 e. The maximum atomic E-state index is 12.1. The van der Waals surface area contributed by atoms with E-state index in [1.807, 2.05) is 12.1 Å². The number of primary amides is 1. The number of hydrogen-bond acceptors (Lipinski definition) is 3. The molecule has 0 atom stereocenters. The van der Waals surface area contributed by atoms with Crippen LogP contribution in [0.5, 0.6) is 0 Å². The monoisotopic (exact) mass is 261 g/mol. The molecule has 2 amide bonds. The molecule has 1 saturated heterocycles.